The summed E-state index contributed by atoms with van der Waals surface area (Å²) in [5.41, 5.74) is 15.6. The van der Waals surface area contributed by atoms with E-state index in [-0.39, 0.29) is 0 Å². The first-order chi connectivity index (χ1) is 27.8. The number of pyridine rings is 2. The molecule has 1 aliphatic rings. The normalized spacial score (nSPS) is 12.8. The number of hydrogen-bond donors (Lipinski definition) is 1. The average Bonchev–Trinajstić information content (AvgIpc) is 3.80. The maximum Gasteiger partial charge on any atom is 0.145 e. The van der Waals surface area contributed by atoms with Crippen molar-refractivity contribution >= 4 is 49.4 Å². The highest BCUT2D eigenvalue weighted by Crippen LogP contribution is 2.41. The van der Waals surface area contributed by atoms with Gasteiger partial charge in [-0.1, -0.05) is 91.0 Å². The molecule has 0 fully saturated rings. The zero-order valence-corrected chi connectivity index (χ0v) is 30.5. The van der Waals surface area contributed by atoms with Gasteiger partial charge in [-0.05, 0) is 119 Å². The molecule has 56 heavy (non-hydrogen) atoms. The van der Waals surface area contributed by atoms with Crippen LogP contribution in [0.2, 0.25) is 0 Å². The molecule has 5 heterocycles. The minimum atomic E-state index is 0.810. The predicted octanol–water partition coefficient (Wildman–Crippen LogP) is 12.2. The third-order valence-electron chi connectivity index (χ3n) is 11.0. The molecule has 6 aromatic carbocycles. The molecule has 1 N–H and O–H groups in total. The molecule has 0 spiro atoms. The Bertz CT molecular complexity index is 3170. The average molecular weight is 718 g/mol. The number of nitrogens with one attached hydrogen (secondary N) is 1. The van der Waals surface area contributed by atoms with E-state index < -0.39 is 0 Å². The van der Waals surface area contributed by atoms with Crippen molar-refractivity contribution in [3.8, 4) is 44.9 Å². The largest absolute Gasteiger partial charge is 0.381 e. The molecule has 0 unspecified atom stereocenters. The van der Waals surface area contributed by atoms with Crippen LogP contribution < -0.4 is 5.32 Å². The van der Waals surface area contributed by atoms with Gasteiger partial charge in [0.1, 0.15) is 5.65 Å². The molecule has 0 atom stereocenters. The van der Waals surface area contributed by atoms with E-state index in [1.54, 1.807) is 0 Å². The van der Waals surface area contributed by atoms with Gasteiger partial charge in [0.25, 0.3) is 0 Å². The molecule has 0 saturated heterocycles. The van der Waals surface area contributed by atoms with Crippen molar-refractivity contribution in [1.82, 2.24) is 24.4 Å². The molecule has 5 heteroatoms. The Hall–Kier alpha value is -7.50. The van der Waals surface area contributed by atoms with E-state index in [1.807, 2.05) is 30.6 Å². The lowest BCUT2D eigenvalue weighted by atomic mass is 9.96. The van der Waals surface area contributed by atoms with Gasteiger partial charge in [0.15, 0.2) is 0 Å². The number of fused-ring (bicyclic) bond motifs is 6. The van der Waals surface area contributed by atoms with Crippen molar-refractivity contribution in [2.75, 3.05) is 6.54 Å². The molecular formula is C51H35N5. The summed E-state index contributed by atoms with van der Waals surface area (Å²) in [5, 5.41) is 8.33. The van der Waals surface area contributed by atoms with Crippen LogP contribution in [0.4, 0.5) is 0 Å². The predicted molar refractivity (Wildman–Crippen MR) is 232 cm³/mol. The van der Waals surface area contributed by atoms with E-state index in [0.29, 0.717) is 0 Å². The van der Waals surface area contributed by atoms with Gasteiger partial charge in [-0.3, -0.25) is 9.55 Å². The second-order valence-electron chi connectivity index (χ2n) is 14.3. The number of nitrogens with zero attached hydrogens (tertiary/aromatic N) is 4. The van der Waals surface area contributed by atoms with Gasteiger partial charge in [-0.25, -0.2) is 4.98 Å². The highest BCUT2D eigenvalue weighted by molar-refractivity contribution is 6.17. The van der Waals surface area contributed by atoms with E-state index in [1.165, 1.54) is 38.3 Å². The van der Waals surface area contributed by atoms with Crippen LogP contribution in [0.25, 0.3) is 94.3 Å². The molecule has 0 bridgehead atoms. The van der Waals surface area contributed by atoms with Crippen molar-refractivity contribution in [2.24, 2.45) is 0 Å². The van der Waals surface area contributed by atoms with Crippen LogP contribution in [0.5, 0.6) is 0 Å². The Labute approximate surface area is 324 Å². The Morgan fingerprint density at radius 1 is 0.464 bits per heavy atom. The topological polar surface area (TPSA) is 47.7 Å². The minimum absolute atomic E-state index is 0.810. The monoisotopic (exact) mass is 717 g/mol. The zero-order valence-electron chi connectivity index (χ0n) is 30.5. The molecule has 11 rings (SSSR count). The number of allylic oxidation sites excluding steroid dienone is 2. The van der Waals surface area contributed by atoms with Crippen molar-refractivity contribution in [3.63, 3.8) is 0 Å². The van der Waals surface area contributed by atoms with E-state index in [9.17, 15) is 0 Å². The van der Waals surface area contributed by atoms with Crippen LogP contribution in [-0.2, 0) is 0 Å². The van der Waals surface area contributed by atoms with E-state index >= 15 is 0 Å². The Morgan fingerprint density at radius 3 is 2.07 bits per heavy atom. The number of benzene rings is 6. The summed E-state index contributed by atoms with van der Waals surface area (Å²) in [4.78, 5) is 9.63. The SMILES string of the molecule is C1=CCNC(c2cc(-c3ccc(-n4c5cc(-c6cccc7c6c6ccccc6n7-c6ccccc6)ccc5c5cccnc54)cc3)cc(-c3ccccn3)c2)=C1. The molecule has 264 valence electrons. The number of hydrogen-bond acceptors (Lipinski definition) is 3. The molecule has 4 aromatic heterocycles. The second kappa shape index (κ2) is 13.1. The molecule has 5 nitrogen and oxygen atoms in total. The van der Waals surface area contributed by atoms with Crippen LogP contribution in [-0.4, -0.2) is 25.6 Å². The van der Waals surface area contributed by atoms with E-state index in [0.717, 1.165) is 68.1 Å². The molecular weight excluding hydrogens is 683 g/mol. The second-order valence-corrected chi connectivity index (χ2v) is 14.3. The van der Waals surface area contributed by atoms with E-state index in [2.05, 4.69) is 183 Å². The summed E-state index contributed by atoms with van der Waals surface area (Å²) in [6, 6.07) is 58.8. The highest BCUT2D eigenvalue weighted by Gasteiger charge is 2.19. The summed E-state index contributed by atoms with van der Waals surface area (Å²) >= 11 is 0. The van der Waals surface area contributed by atoms with Crippen LogP contribution in [0.1, 0.15) is 5.56 Å². The quantitative estimate of drug-likeness (QED) is 0.186. The molecule has 0 amide bonds. The molecule has 1 aliphatic heterocycles. The number of para-hydroxylation sites is 2. The first kappa shape index (κ1) is 32.0. The molecule has 0 aliphatic carbocycles. The standard InChI is InChI=1S/C51H35N5/c1-2-12-39(13-3-1)55-47-19-5-4-14-44(47)50-41(15-10-20-48(50)55)35-23-26-42-43-16-11-29-54-51(43)56(49(42)33-35)40-24-21-34(22-25-40)36-30-37(45-17-6-8-27-52-45)32-38(31-36)46-18-7-9-28-53-46/h1-27,29-33,53H,28H2. The molecule has 0 saturated carbocycles. The molecule has 0 radical (unpaired) electrons. The van der Waals surface area contributed by atoms with Gasteiger partial charge in [0, 0.05) is 63.1 Å². The third kappa shape index (κ3) is 5.24. The summed E-state index contributed by atoms with van der Waals surface area (Å²) in [6.07, 6.45) is 10.1. The fourth-order valence-corrected chi connectivity index (χ4v) is 8.48. The molecule has 10 aromatic rings. The number of dihydropyridines is 1. The fourth-order valence-electron chi connectivity index (χ4n) is 8.48. The maximum absolute atomic E-state index is 4.95. The van der Waals surface area contributed by atoms with Crippen molar-refractivity contribution in [2.45, 2.75) is 0 Å². The first-order valence-corrected chi connectivity index (χ1v) is 19.0. The summed E-state index contributed by atoms with van der Waals surface area (Å²) in [7, 11) is 0. The lowest BCUT2D eigenvalue weighted by Crippen LogP contribution is -2.14. The lowest BCUT2D eigenvalue weighted by Gasteiger charge is -2.16. The summed E-state index contributed by atoms with van der Waals surface area (Å²) in [6.45, 7) is 0.810. The zero-order chi connectivity index (χ0) is 37.0. The van der Waals surface area contributed by atoms with Crippen LogP contribution in [0, 0.1) is 0 Å². The first-order valence-electron chi connectivity index (χ1n) is 19.0. The van der Waals surface area contributed by atoms with Gasteiger partial charge < -0.3 is 9.88 Å². The fraction of sp³-hybridized carbons (Fsp3) is 0.0196. The van der Waals surface area contributed by atoms with E-state index in [4.69, 9.17) is 4.98 Å². The minimum Gasteiger partial charge on any atom is -0.381 e. The van der Waals surface area contributed by atoms with Crippen LogP contribution >= 0.6 is 0 Å². The summed E-state index contributed by atoms with van der Waals surface area (Å²) in [5.74, 6) is 0. The van der Waals surface area contributed by atoms with Crippen LogP contribution in [0.15, 0.2) is 194 Å². The van der Waals surface area contributed by atoms with Crippen molar-refractivity contribution < 1.29 is 0 Å². The van der Waals surface area contributed by atoms with Gasteiger partial charge in [-0.2, -0.15) is 0 Å². The Morgan fingerprint density at radius 2 is 1.21 bits per heavy atom. The van der Waals surface area contributed by atoms with Gasteiger partial charge in [0.05, 0.1) is 22.2 Å². The van der Waals surface area contributed by atoms with Gasteiger partial charge in [0.2, 0.25) is 0 Å². The van der Waals surface area contributed by atoms with Crippen molar-refractivity contribution in [3.05, 3.63) is 200 Å². The lowest BCUT2D eigenvalue weighted by molar-refractivity contribution is 0.996. The number of rotatable bonds is 6. The van der Waals surface area contributed by atoms with Crippen molar-refractivity contribution in [1.29, 1.82) is 0 Å². The highest BCUT2D eigenvalue weighted by atomic mass is 15.0. The van der Waals surface area contributed by atoms with Gasteiger partial charge >= 0.3 is 0 Å². The Kier molecular flexibility index (Phi) is 7.49. The maximum atomic E-state index is 4.95. The summed E-state index contributed by atoms with van der Waals surface area (Å²) < 4.78 is 4.69. The Balaban J connectivity index is 1.06. The van der Waals surface area contributed by atoms with Gasteiger partial charge in [-0.15, -0.1) is 0 Å². The third-order valence-corrected chi connectivity index (χ3v) is 11.0. The number of aromatic nitrogens is 4. The van der Waals surface area contributed by atoms with Crippen LogP contribution in [0.3, 0.4) is 0 Å². The smallest absolute Gasteiger partial charge is 0.145 e.